The molecule has 0 unspecified atom stereocenters. The highest BCUT2D eigenvalue weighted by Gasteiger charge is 2.48. The van der Waals surface area contributed by atoms with Crippen LogP contribution in [-0.2, 0) is 9.59 Å². The molecule has 3 heterocycles. The lowest BCUT2D eigenvalue weighted by Crippen LogP contribution is -2.29. The number of benzene rings is 3. The zero-order valence-electron chi connectivity index (χ0n) is 24.0. The minimum absolute atomic E-state index is 0.0347. The molecular formula is C33H32N2O7S. The van der Waals surface area contributed by atoms with E-state index in [0.717, 1.165) is 24.0 Å². The van der Waals surface area contributed by atoms with Crippen molar-refractivity contribution in [3.8, 4) is 23.0 Å². The van der Waals surface area contributed by atoms with Gasteiger partial charge >= 0.3 is 5.91 Å². The summed E-state index contributed by atoms with van der Waals surface area (Å²) >= 11 is 1.28. The van der Waals surface area contributed by atoms with Crippen LogP contribution >= 0.6 is 11.3 Å². The van der Waals surface area contributed by atoms with Crippen LogP contribution in [0.25, 0.3) is 16.0 Å². The number of carbonyl (C=O) groups excluding carboxylic acids is 2. The summed E-state index contributed by atoms with van der Waals surface area (Å²) < 4.78 is 23.6. The summed E-state index contributed by atoms with van der Waals surface area (Å²) in [5.74, 6) is 0.517. The van der Waals surface area contributed by atoms with Gasteiger partial charge in [-0.1, -0.05) is 43.2 Å². The number of anilines is 1. The fraction of sp³-hybridized carbons (Fsp3) is 0.303. The van der Waals surface area contributed by atoms with Gasteiger partial charge in [0.1, 0.15) is 30.5 Å². The van der Waals surface area contributed by atoms with Crippen LogP contribution in [0, 0.1) is 0 Å². The van der Waals surface area contributed by atoms with Crippen molar-refractivity contribution in [3.63, 3.8) is 0 Å². The smallest absolute Gasteiger partial charge is 0.301 e. The predicted molar refractivity (Wildman–Crippen MR) is 164 cm³/mol. The van der Waals surface area contributed by atoms with Gasteiger partial charge in [0.25, 0.3) is 5.78 Å². The van der Waals surface area contributed by atoms with Gasteiger partial charge in [-0.15, -0.1) is 0 Å². The van der Waals surface area contributed by atoms with E-state index in [1.165, 1.54) is 16.2 Å². The van der Waals surface area contributed by atoms with Crippen LogP contribution in [0.15, 0.2) is 66.2 Å². The number of rotatable bonds is 10. The first-order valence-corrected chi connectivity index (χ1v) is 15.3. The second-order valence-electron chi connectivity index (χ2n) is 10.2. The number of unbranched alkanes of at least 4 members (excludes halogenated alkanes) is 2. The van der Waals surface area contributed by atoms with Crippen LogP contribution in [0.1, 0.15) is 50.3 Å². The van der Waals surface area contributed by atoms with Crippen molar-refractivity contribution < 1.29 is 33.6 Å². The summed E-state index contributed by atoms with van der Waals surface area (Å²) in [6, 6.07) is 16.8. The highest BCUT2D eigenvalue weighted by Crippen LogP contribution is 2.45. The number of fused-ring (bicyclic) bond motifs is 2. The summed E-state index contributed by atoms with van der Waals surface area (Å²) in [5.41, 5.74) is 1.61. The third-order valence-corrected chi connectivity index (χ3v) is 8.36. The molecule has 0 saturated carbocycles. The van der Waals surface area contributed by atoms with E-state index in [2.05, 4.69) is 6.92 Å². The Morgan fingerprint density at radius 2 is 1.72 bits per heavy atom. The Bertz CT molecular complexity index is 1700. The number of aromatic nitrogens is 1. The lowest BCUT2D eigenvalue weighted by Gasteiger charge is -2.23. The van der Waals surface area contributed by atoms with Gasteiger partial charge in [-0.3, -0.25) is 14.5 Å². The van der Waals surface area contributed by atoms with Gasteiger partial charge in [0, 0.05) is 5.56 Å². The number of thiazole rings is 1. The molecule has 1 saturated heterocycles. The molecule has 0 aliphatic carbocycles. The molecule has 0 spiro atoms. The molecule has 10 heteroatoms. The van der Waals surface area contributed by atoms with E-state index >= 15 is 0 Å². The average molecular weight is 601 g/mol. The van der Waals surface area contributed by atoms with Gasteiger partial charge in [0.05, 0.1) is 35.0 Å². The molecule has 2 aliphatic rings. The van der Waals surface area contributed by atoms with Crippen LogP contribution in [0.3, 0.4) is 0 Å². The monoisotopic (exact) mass is 600 g/mol. The van der Waals surface area contributed by atoms with Gasteiger partial charge in [-0.25, -0.2) is 4.98 Å². The van der Waals surface area contributed by atoms with Crippen molar-refractivity contribution in [2.45, 2.75) is 39.2 Å². The van der Waals surface area contributed by atoms with Crippen molar-refractivity contribution >= 4 is 44.1 Å². The van der Waals surface area contributed by atoms with Gasteiger partial charge in [0.2, 0.25) is 0 Å². The predicted octanol–water partition coefficient (Wildman–Crippen LogP) is 6.66. The van der Waals surface area contributed by atoms with Crippen molar-refractivity contribution in [3.05, 3.63) is 77.4 Å². The van der Waals surface area contributed by atoms with E-state index in [4.69, 9.17) is 23.9 Å². The molecule has 0 bridgehead atoms. The molecule has 43 heavy (non-hydrogen) atoms. The molecular weight excluding hydrogens is 568 g/mol. The number of carbonyl (C=O) groups is 2. The molecule has 1 amide bonds. The van der Waals surface area contributed by atoms with Gasteiger partial charge in [-0.05, 0) is 67.4 Å². The lowest BCUT2D eigenvalue weighted by atomic mass is 9.95. The zero-order chi connectivity index (χ0) is 29.9. The Morgan fingerprint density at radius 1 is 0.953 bits per heavy atom. The Balaban J connectivity index is 1.43. The maximum atomic E-state index is 13.7. The fourth-order valence-electron chi connectivity index (χ4n) is 5.23. The molecule has 4 aromatic rings. The maximum absolute atomic E-state index is 13.7. The van der Waals surface area contributed by atoms with Gasteiger partial charge in [-0.2, -0.15) is 0 Å². The standard InChI is InChI=1S/C33H32N2O7S/c1-3-5-6-15-40-22-10-7-20(8-11-22)29-28(30(36)21-9-14-25-26(18-21)42-17-16-41-25)31(37)32(38)35(29)33-34-24-13-12-23(39-4-2)19-27(24)43-33/h7-14,18-19,29,36H,3-6,15-17H2,1-2H3/b30-28+/t29-/m1/s1. The quantitative estimate of drug-likeness (QED) is 0.0932. The molecule has 1 fully saturated rings. The van der Waals surface area contributed by atoms with E-state index in [9.17, 15) is 14.7 Å². The fourth-order valence-corrected chi connectivity index (χ4v) is 6.25. The average Bonchev–Trinajstić information content (AvgIpc) is 3.56. The summed E-state index contributed by atoms with van der Waals surface area (Å²) in [7, 11) is 0. The SMILES string of the molecule is CCCCCOc1ccc([C@@H]2/C(=C(\O)c3ccc4c(c3)OCCO4)C(=O)C(=O)N2c2nc3ccc(OCC)cc3s2)cc1. The van der Waals surface area contributed by atoms with Crippen LogP contribution in [0.5, 0.6) is 23.0 Å². The van der Waals surface area contributed by atoms with Crippen molar-refractivity contribution in [2.75, 3.05) is 31.3 Å². The van der Waals surface area contributed by atoms with Crippen molar-refractivity contribution in [2.24, 2.45) is 0 Å². The number of hydrogen-bond donors (Lipinski definition) is 1. The summed E-state index contributed by atoms with van der Waals surface area (Å²) in [4.78, 5) is 33.4. The van der Waals surface area contributed by atoms with Crippen LogP contribution in [0.2, 0.25) is 0 Å². The molecule has 1 atom stereocenters. The van der Waals surface area contributed by atoms with Gasteiger partial charge < -0.3 is 24.1 Å². The molecule has 9 nitrogen and oxygen atoms in total. The van der Waals surface area contributed by atoms with Crippen LogP contribution in [-0.4, -0.2) is 48.2 Å². The third kappa shape index (κ3) is 5.62. The Labute approximate surface area is 253 Å². The Hall–Kier alpha value is -4.57. The summed E-state index contributed by atoms with van der Waals surface area (Å²) in [6.45, 7) is 5.97. The maximum Gasteiger partial charge on any atom is 0.301 e. The van der Waals surface area contributed by atoms with Crippen molar-refractivity contribution in [1.29, 1.82) is 0 Å². The molecule has 3 aromatic carbocycles. The third-order valence-electron chi connectivity index (χ3n) is 7.34. The number of aliphatic hydroxyl groups excluding tert-OH is 1. The lowest BCUT2D eigenvalue weighted by molar-refractivity contribution is -0.132. The number of ether oxygens (including phenoxy) is 4. The highest BCUT2D eigenvalue weighted by atomic mass is 32.1. The normalized spacial score (nSPS) is 17.4. The molecule has 222 valence electrons. The van der Waals surface area contributed by atoms with Gasteiger partial charge in [0.15, 0.2) is 16.6 Å². The molecule has 0 radical (unpaired) electrons. The highest BCUT2D eigenvalue weighted by molar-refractivity contribution is 7.22. The Kier molecular flexibility index (Phi) is 8.20. The first-order valence-electron chi connectivity index (χ1n) is 14.5. The molecule has 1 aromatic heterocycles. The number of aliphatic hydroxyl groups is 1. The second-order valence-corrected chi connectivity index (χ2v) is 11.2. The molecule has 6 rings (SSSR count). The van der Waals surface area contributed by atoms with E-state index in [1.54, 1.807) is 18.2 Å². The topological polar surface area (TPSA) is 107 Å². The van der Waals surface area contributed by atoms with Crippen LogP contribution in [0.4, 0.5) is 5.13 Å². The second kappa shape index (κ2) is 12.3. The first kappa shape index (κ1) is 28.5. The van der Waals surface area contributed by atoms with E-state index < -0.39 is 17.7 Å². The number of amides is 1. The minimum atomic E-state index is -0.922. The zero-order valence-corrected chi connectivity index (χ0v) is 24.8. The number of nitrogens with zero attached hydrogens (tertiary/aromatic N) is 2. The minimum Gasteiger partial charge on any atom is -0.507 e. The first-order chi connectivity index (χ1) is 21.0. The van der Waals surface area contributed by atoms with Crippen molar-refractivity contribution in [1.82, 2.24) is 4.98 Å². The van der Waals surface area contributed by atoms with E-state index in [0.29, 0.717) is 71.2 Å². The number of Topliss-reactive ketones (excluding diaryl/α,β-unsaturated/α-hetero) is 1. The van der Waals surface area contributed by atoms with E-state index in [1.807, 2.05) is 49.4 Å². The molecule has 2 aliphatic heterocycles. The summed E-state index contributed by atoms with van der Waals surface area (Å²) in [5, 5.41) is 11.9. The van der Waals surface area contributed by atoms with Crippen LogP contribution < -0.4 is 23.8 Å². The number of hydrogen-bond acceptors (Lipinski definition) is 9. The Morgan fingerprint density at radius 3 is 2.49 bits per heavy atom. The van der Waals surface area contributed by atoms with E-state index in [-0.39, 0.29) is 11.3 Å². The summed E-state index contributed by atoms with van der Waals surface area (Å²) in [6.07, 6.45) is 3.14. The molecule has 1 N–H and O–H groups in total. The largest absolute Gasteiger partial charge is 0.507 e. The number of ketones is 1.